The third kappa shape index (κ3) is 2.39. The number of piperazine rings is 1. The summed E-state index contributed by atoms with van der Waals surface area (Å²) in [4.78, 5) is 30.4. The third-order valence-electron chi connectivity index (χ3n) is 4.11. The Labute approximate surface area is 123 Å². The van der Waals surface area contributed by atoms with E-state index in [9.17, 15) is 9.59 Å². The molecule has 1 aliphatic heterocycles. The summed E-state index contributed by atoms with van der Waals surface area (Å²) in [6.45, 7) is 6.36. The first kappa shape index (κ1) is 13.7. The van der Waals surface area contributed by atoms with Gasteiger partial charge in [0.1, 0.15) is 0 Å². The molecule has 5 nitrogen and oxygen atoms in total. The van der Waals surface area contributed by atoms with Crippen LogP contribution in [0.4, 0.5) is 0 Å². The third-order valence-corrected chi connectivity index (χ3v) is 4.11. The Morgan fingerprint density at radius 1 is 1.19 bits per heavy atom. The highest BCUT2D eigenvalue weighted by atomic mass is 16.2. The zero-order chi connectivity index (χ0) is 15.0. The number of H-pyrrole nitrogens is 1. The minimum Gasteiger partial charge on any atom is -0.358 e. The van der Waals surface area contributed by atoms with Crippen LogP contribution < -0.4 is 0 Å². The van der Waals surface area contributed by atoms with Crippen molar-refractivity contribution in [2.45, 2.75) is 13.8 Å². The molecule has 2 heterocycles. The van der Waals surface area contributed by atoms with Gasteiger partial charge in [0, 0.05) is 42.8 Å². The first-order chi connectivity index (χ1) is 10.1. The number of benzene rings is 1. The summed E-state index contributed by atoms with van der Waals surface area (Å²) in [6.07, 6.45) is 0.849. The minimum absolute atomic E-state index is 0.0508. The molecule has 0 atom stereocenters. The molecule has 0 radical (unpaired) electrons. The maximum absolute atomic E-state index is 12.8. The Kier molecular flexibility index (Phi) is 3.41. The molecule has 1 saturated heterocycles. The Bertz CT molecular complexity index is 697. The number of rotatable bonds is 2. The number of carbonyl (C=O) groups is 2. The van der Waals surface area contributed by atoms with E-state index in [1.165, 1.54) is 0 Å². The molecule has 3 rings (SSSR count). The Balaban J connectivity index is 1.93. The number of nitrogens with zero attached hydrogens (tertiary/aromatic N) is 2. The van der Waals surface area contributed by atoms with Crippen LogP contribution in [0.15, 0.2) is 18.2 Å². The van der Waals surface area contributed by atoms with Crippen LogP contribution in [-0.2, 0) is 4.79 Å². The lowest BCUT2D eigenvalue weighted by atomic mass is 10.1. The van der Waals surface area contributed by atoms with E-state index in [1.54, 1.807) is 4.90 Å². The Morgan fingerprint density at radius 2 is 1.90 bits per heavy atom. The number of aryl methyl sites for hydroxylation is 2. The average molecular weight is 285 g/mol. The second-order valence-electron chi connectivity index (χ2n) is 5.61. The van der Waals surface area contributed by atoms with Gasteiger partial charge in [-0.3, -0.25) is 9.59 Å². The van der Waals surface area contributed by atoms with E-state index >= 15 is 0 Å². The lowest BCUT2D eigenvalue weighted by Gasteiger charge is -2.32. The van der Waals surface area contributed by atoms with Crippen molar-refractivity contribution in [2.24, 2.45) is 0 Å². The smallest absolute Gasteiger partial charge is 0.256 e. The van der Waals surface area contributed by atoms with Crippen LogP contribution in [0.5, 0.6) is 0 Å². The van der Waals surface area contributed by atoms with Gasteiger partial charge in [0.15, 0.2) is 0 Å². The number of carbonyl (C=O) groups excluding carboxylic acids is 2. The molecular weight excluding hydrogens is 266 g/mol. The van der Waals surface area contributed by atoms with Crippen LogP contribution in [0.3, 0.4) is 0 Å². The summed E-state index contributed by atoms with van der Waals surface area (Å²) in [5, 5.41) is 0.982. The standard InChI is InChI=1S/C16H19N3O2/c1-11-3-4-14-13(9-11)15(12(2)17-14)16(21)19-7-5-18(10-20)6-8-19/h3-4,9-10,17H,5-8H2,1-2H3. The summed E-state index contributed by atoms with van der Waals surface area (Å²) in [7, 11) is 0. The monoisotopic (exact) mass is 285 g/mol. The van der Waals surface area contributed by atoms with Gasteiger partial charge in [-0.15, -0.1) is 0 Å². The molecule has 0 bridgehead atoms. The van der Waals surface area contributed by atoms with Crippen molar-refractivity contribution in [3.63, 3.8) is 0 Å². The molecule has 1 aliphatic rings. The highest BCUT2D eigenvalue weighted by Gasteiger charge is 2.25. The molecule has 1 aromatic carbocycles. The van der Waals surface area contributed by atoms with Crippen LogP contribution in [0.1, 0.15) is 21.6 Å². The van der Waals surface area contributed by atoms with E-state index in [0.29, 0.717) is 26.2 Å². The van der Waals surface area contributed by atoms with Crippen molar-refractivity contribution in [2.75, 3.05) is 26.2 Å². The second kappa shape index (κ2) is 5.24. The summed E-state index contributed by atoms with van der Waals surface area (Å²) in [5.41, 5.74) is 3.79. The van der Waals surface area contributed by atoms with Gasteiger partial charge in [0.05, 0.1) is 5.56 Å². The largest absolute Gasteiger partial charge is 0.358 e. The zero-order valence-corrected chi connectivity index (χ0v) is 12.3. The molecule has 1 aromatic heterocycles. The number of aromatic nitrogens is 1. The van der Waals surface area contributed by atoms with E-state index in [0.717, 1.165) is 34.1 Å². The van der Waals surface area contributed by atoms with E-state index in [2.05, 4.69) is 4.98 Å². The first-order valence-corrected chi connectivity index (χ1v) is 7.17. The maximum atomic E-state index is 12.8. The molecule has 1 N–H and O–H groups in total. The molecule has 0 spiro atoms. The first-order valence-electron chi connectivity index (χ1n) is 7.17. The van der Waals surface area contributed by atoms with Crippen LogP contribution in [0.25, 0.3) is 10.9 Å². The minimum atomic E-state index is 0.0508. The lowest BCUT2D eigenvalue weighted by molar-refractivity contribution is -0.119. The van der Waals surface area contributed by atoms with Crippen molar-refractivity contribution in [1.29, 1.82) is 0 Å². The van der Waals surface area contributed by atoms with E-state index in [4.69, 9.17) is 0 Å². The molecule has 110 valence electrons. The molecular formula is C16H19N3O2. The number of aromatic amines is 1. The normalized spacial score (nSPS) is 15.5. The lowest BCUT2D eigenvalue weighted by Crippen LogP contribution is -2.48. The fourth-order valence-electron chi connectivity index (χ4n) is 2.90. The highest BCUT2D eigenvalue weighted by molar-refractivity contribution is 6.08. The second-order valence-corrected chi connectivity index (χ2v) is 5.61. The van der Waals surface area contributed by atoms with Crippen molar-refractivity contribution < 1.29 is 9.59 Å². The van der Waals surface area contributed by atoms with Gasteiger partial charge in [-0.25, -0.2) is 0 Å². The van der Waals surface area contributed by atoms with Crippen LogP contribution in [-0.4, -0.2) is 53.3 Å². The van der Waals surface area contributed by atoms with Crippen molar-refractivity contribution >= 4 is 23.2 Å². The molecule has 2 amide bonds. The number of hydrogen-bond donors (Lipinski definition) is 1. The maximum Gasteiger partial charge on any atom is 0.256 e. The predicted molar refractivity (Wildman–Crippen MR) is 81.3 cm³/mol. The van der Waals surface area contributed by atoms with Crippen molar-refractivity contribution in [3.8, 4) is 0 Å². The molecule has 0 aliphatic carbocycles. The van der Waals surface area contributed by atoms with Gasteiger partial charge in [0.2, 0.25) is 6.41 Å². The van der Waals surface area contributed by atoms with Gasteiger partial charge < -0.3 is 14.8 Å². The van der Waals surface area contributed by atoms with Crippen molar-refractivity contribution in [1.82, 2.24) is 14.8 Å². The summed E-state index contributed by atoms with van der Waals surface area (Å²) < 4.78 is 0. The summed E-state index contributed by atoms with van der Waals surface area (Å²) in [6, 6.07) is 6.10. The fourth-order valence-corrected chi connectivity index (χ4v) is 2.90. The average Bonchev–Trinajstić information content (AvgIpc) is 2.82. The van der Waals surface area contributed by atoms with Gasteiger partial charge in [0.25, 0.3) is 5.91 Å². The van der Waals surface area contributed by atoms with E-state index < -0.39 is 0 Å². The summed E-state index contributed by atoms with van der Waals surface area (Å²) in [5.74, 6) is 0.0508. The molecule has 21 heavy (non-hydrogen) atoms. The molecule has 1 fully saturated rings. The van der Waals surface area contributed by atoms with Gasteiger partial charge >= 0.3 is 0 Å². The summed E-state index contributed by atoms with van der Waals surface area (Å²) >= 11 is 0. The van der Waals surface area contributed by atoms with E-state index in [1.807, 2.05) is 36.9 Å². The Morgan fingerprint density at radius 3 is 2.57 bits per heavy atom. The van der Waals surface area contributed by atoms with Crippen LogP contribution in [0, 0.1) is 13.8 Å². The topological polar surface area (TPSA) is 56.4 Å². The highest BCUT2D eigenvalue weighted by Crippen LogP contribution is 2.25. The number of amides is 2. The van der Waals surface area contributed by atoms with E-state index in [-0.39, 0.29) is 5.91 Å². The fraction of sp³-hybridized carbons (Fsp3) is 0.375. The quantitative estimate of drug-likeness (QED) is 0.854. The predicted octanol–water partition coefficient (Wildman–Crippen LogP) is 1.70. The van der Waals surface area contributed by atoms with Gasteiger partial charge in [-0.05, 0) is 26.0 Å². The molecule has 0 unspecified atom stereocenters. The van der Waals surface area contributed by atoms with Crippen LogP contribution >= 0.6 is 0 Å². The zero-order valence-electron chi connectivity index (χ0n) is 12.3. The SMILES string of the molecule is Cc1ccc2[nH]c(C)c(C(=O)N3CCN(C=O)CC3)c2c1. The molecule has 0 saturated carbocycles. The van der Waals surface area contributed by atoms with Gasteiger partial charge in [-0.1, -0.05) is 11.6 Å². The number of hydrogen-bond acceptors (Lipinski definition) is 2. The molecule has 5 heteroatoms. The number of fused-ring (bicyclic) bond motifs is 1. The van der Waals surface area contributed by atoms with Gasteiger partial charge in [-0.2, -0.15) is 0 Å². The Hall–Kier alpha value is -2.30. The van der Waals surface area contributed by atoms with Crippen molar-refractivity contribution in [3.05, 3.63) is 35.0 Å². The number of nitrogens with one attached hydrogen (secondary N) is 1. The van der Waals surface area contributed by atoms with Crippen LogP contribution in [0.2, 0.25) is 0 Å². The molecule has 2 aromatic rings.